The molecule has 76 valence electrons. The second kappa shape index (κ2) is 7.83. The molecule has 0 aromatic heterocycles. The number of hydrogen-bond donors (Lipinski definition) is 3. The van der Waals surface area contributed by atoms with E-state index < -0.39 is 0 Å². The molecular weight excluding hydrogens is 166 g/mol. The Balaban J connectivity index is 3.99. The Hall–Kier alpha value is -0.800. The Morgan fingerprint density at radius 1 is 1.62 bits per heavy atom. The van der Waals surface area contributed by atoms with Crippen LogP contribution in [-0.2, 0) is 4.74 Å². The van der Waals surface area contributed by atoms with Crippen LogP contribution >= 0.6 is 0 Å². The highest BCUT2D eigenvalue weighted by molar-refractivity contribution is 4.91. The summed E-state index contributed by atoms with van der Waals surface area (Å²) in [5.41, 5.74) is 13.5. The summed E-state index contributed by atoms with van der Waals surface area (Å²) in [5, 5.41) is 3.14. The number of nitrogens with two attached hydrogens (primary N) is 2. The van der Waals surface area contributed by atoms with Gasteiger partial charge in [0.25, 0.3) is 0 Å². The molecule has 0 bridgehead atoms. The van der Waals surface area contributed by atoms with Gasteiger partial charge < -0.3 is 16.2 Å². The zero-order chi connectivity index (χ0) is 10.1. The summed E-state index contributed by atoms with van der Waals surface area (Å²) in [7, 11) is 0. The smallest absolute Gasteiger partial charge is 0.153 e. The van der Waals surface area contributed by atoms with Gasteiger partial charge in [-0.2, -0.15) is 0 Å². The van der Waals surface area contributed by atoms with Crippen molar-refractivity contribution in [3.8, 4) is 0 Å². The molecule has 0 fully saturated rings. The van der Waals surface area contributed by atoms with E-state index in [1.54, 1.807) is 0 Å². The normalized spacial score (nSPS) is 11.9. The van der Waals surface area contributed by atoms with Gasteiger partial charge in [-0.1, -0.05) is 19.2 Å². The van der Waals surface area contributed by atoms with Crippen LogP contribution in [0.2, 0.25) is 0 Å². The van der Waals surface area contributed by atoms with Crippen LogP contribution < -0.4 is 16.8 Å². The number of ether oxygens (including phenoxy) is 1. The van der Waals surface area contributed by atoms with Crippen LogP contribution in [0.25, 0.3) is 0 Å². The minimum absolute atomic E-state index is 0.0807. The summed E-state index contributed by atoms with van der Waals surface area (Å²) >= 11 is 0. The van der Waals surface area contributed by atoms with Gasteiger partial charge in [0, 0.05) is 6.42 Å². The van der Waals surface area contributed by atoms with E-state index in [4.69, 9.17) is 16.2 Å². The van der Waals surface area contributed by atoms with Gasteiger partial charge in [-0.15, -0.1) is 0 Å². The van der Waals surface area contributed by atoms with Crippen LogP contribution in [0, 0.1) is 0 Å². The number of hydrogen-bond acceptors (Lipinski definition) is 4. The quantitative estimate of drug-likeness (QED) is 0.294. The van der Waals surface area contributed by atoms with E-state index in [1.807, 2.05) is 6.92 Å². The Labute approximate surface area is 79.6 Å². The second-order valence-corrected chi connectivity index (χ2v) is 2.55. The highest BCUT2D eigenvalue weighted by atomic mass is 16.5. The van der Waals surface area contributed by atoms with Crippen LogP contribution in [-0.4, -0.2) is 25.9 Å². The third kappa shape index (κ3) is 5.44. The topological polar surface area (TPSA) is 73.3 Å². The molecule has 0 aliphatic heterocycles. The molecule has 0 saturated heterocycles. The lowest BCUT2D eigenvalue weighted by Crippen LogP contribution is -2.34. The molecule has 0 aromatic carbocycles. The third-order valence-electron chi connectivity index (χ3n) is 1.53. The molecule has 0 rings (SSSR count). The lowest BCUT2D eigenvalue weighted by molar-refractivity contribution is 0.0817. The van der Waals surface area contributed by atoms with E-state index in [0.717, 1.165) is 13.0 Å². The number of rotatable bonds is 7. The van der Waals surface area contributed by atoms with Crippen molar-refractivity contribution < 1.29 is 4.74 Å². The first kappa shape index (κ1) is 12.2. The fourth-order valence-corrected chi connectivity index (χ4v) is 0.915. The van der Waals surface area contributed by atoms with Gasteiger partial charge in [0.2, 0.25) is 0 Å². The maximum atomic E-state index is 5.46. The molecule has 4 heteroatoms. The van der Waals surface area contributed by atoms with Crippen molar-refractivity contribution in [3.05, 3.63) is 18.1 Å². The van der Waals surface area contributed by atoms with Crippen LogP contribution in [0.4, 0.5) is 0 Å². The van der Waals surface area contributed by atoms with Crippen LogP contribution in [0.1, 0.15) is 13.3 Å². The highest BCUT2D eigenvalue weighted by Crippen LogP contribution is 2.00. The summed E-state index contributed by atoms with van der Waals surface area (Å²) in [6, 6.07) is 0. The van der Waals surface area contributed by atoms with Crippen molar-refractivity contribution >= 4 is 0 Å². The van der Waals surface area contributed by atoms with E-state index in [-0.39, 0.29) is 6.23 Å². The summed E-state index contributed by atoms with van der Waals surface area (Å²) < 4.78 is 5.46. The Morgan fingerprint density at radius 3 is 2.69 bits per heavy atom. The van der Waals surface area contributed by atoms with Crippen LogP contribution in [0.5, 0.6) is 0 Å². The maximum Gasteiger partial charge on any atom is 0.153 e. The lowest BCUT2D eigenvalue weighted by atomic mass is 10.3. The van der Waals surface area contributed by atoms with Crippen molar-refractivity contribution in [1.82, 2.24) is 5.32 Å². The van der Waals surface area contributed by atoms with Crippen molar-refractivity contribution in [2.75, 3.05) is 19.6 Å². The standard InChI is InChI=1S/C9H19N3O/c1-3-8(7-11)13-9(5-6-10)12-4-2/h9,12H,1,4-7,10-11H2,2H3. The van der Waals surface area contributed by atoms with Crippen molar-refractivity contribution in [2.45, 2.75) is 19.6 Å². The predicted octanol–water partition coefficient (Wildman–Crippen LogP) is -0.0851. The molecule has 1 atom stereocenters. The minimum Gasteiger partial charge on any atom is -0.470 e. The van der Waals surface area contributed by atoms with E-state index in [1.165, 1.54) is 0 Å². The fourth-order valence-electron chi connectivity index (χ4n) is 0.915. The molecule has 13 heavy (non-hydrogen) atoms. The first-order valence-corrected chi connectivity index (χ1v) is 4.47. The molecule has 0 spiro atoms. The molecule has 0 amide bonds. The third-order valence-corrected chi connectivity index (χ3v) is 1.53. The van der Waals surface area contributed by atoms with Gasteiger partial charge in [-0.3, -0.25) is 5.32 Å². The fraction of sp³-hybridized carbons (Fsp3) is 0.667. The molecule has 0 aromatic rings. The average Bonchev–Trinajstić information content (AvgIpc) is 2.14. The molecule has 0 aliphatic carbocycles. The molecule has 0 aliphatic rings. The summed E-state index contributed by atoms with van der Waals surface area (Å²) in [6.45, 7) is 7.21. The average molecular weight is 185 g/mol. The SMILES string of the molecule is C=C=C(CN)OC(CCN)NCC. The van der Waals surface area contributed by atoms with Gasteiger partial charge in [0.1, 0.15) is 0 Å². The lowest BCUT2D eigenvalue weighted by Gasteiger charge is -2.19. The molecule has 0 radical (unpaired) electrons. The Kier molecular flexibility index (Phi) is 7.35. The van der Waals surface area contributed by atoms with Crippen molar-refractivity contribution in [3.63, 3.8) is 0 Å². The van der Waals surface area contributed by atoms with E-state index in [9.17, 15) is 0 Å². The zero-order valence-corrected chi connectivity index (χ0v) is 8.18. The first-order chi connectivity index (χ1) is 6.28. The van der Waals surface area contributed by atoms with E-state index in [0.29, 0.717) is 18.8 Å². The highest BCUT2D eigenvalue weighted by Gasteiger charge is 2.07. The number of nitrogens with one attached hydrogen (secondary N) is 1. The molecule has 1 unspecified atom stereocenters. The predicted molar refractivity (Wildman–Crippen MR) is 53.9 cm³/mol. The Bertz CT molecular complexity index is 170. The van der Waals surface area contributed by atoms with Crippen molar-refractivity contribution in [2.24, 2.45) is 11.5 Å². The molecule has 5 N–H and O–H groups in total. The molecule has 0 heterocycles. The first-order valence-electron chi connectivity index (χ1n) is 4.47. The second-order valence-electron chi connectivity index (χ2n) is 2.55. The minimum atomic E-state index is -0.0807. The van der Waals surface area contributed by atoms with Crippen LogP contribution in [0.3, 0.4) is 0 Å². The summed E-state index contributed by atoms with van der Waals surface area (Å²) in [6.07, 6.45) is 0.668. The van der Waals surface area contributed by atoms with Gasteiger partial charge in [0.15, 0.2) is 12.0 Å². The van der Waals surface area contributed by atoms with E-state index >= 15 is 0 Å². The van der Waals surface area contributed by atoms with Gasteiger partial charge in [-0.25, -0.2) is 0 Å². The van der Waals surface area contributed by atoms with Gasteiger partial charge in [-0.05, 0) is 13.1 Å². The molecule has 4 nitrogen and oxygen atoms in total. The molecular formula is C9H19N3O. The van der Waals surface area contributed by atoms with Gasteiger partial charge in [0.05, 0.1) is 6.54 Å². The monoisotopic (exact) mass is 185 g/mol. The zero-order valence-electron chi connectivity index (χ0n) is 8.18. The van der Waals surface area contributed by atoms with Gasteiger partial charge >= 0.3 is 0 Å². The largest absolute Gasteiger partial charge is 0.470 e. The maximum absolute atomic E-state index is 5.46. The van der Waals surface area contributed by atoms with E-state index in [2.05, 4.69) is 17.6 Å². The summed E-state index contributed by atoms with van der Waals surface area (Å²) in [4.78, 5) is 0. The van der Waals surface area contributed by atoms with Crippen LogP contribution in [0.15, 0.2) is 18.1 Å². The van der Waals surface area contributed by atoms with Crippen molar-refractivity contribution in [1.29, 1.82) is 0 Å². The Morgan fingerprint density at radius 2 is 2.31 bits per heavy atom. The molecule has 0 saturated carbocycles. The summed E-state index contributed by atoms with van der Waals surface area (Å²) in [5.74, 6) is 0.569.